The van der Waals surface area contributed by atoms with Crippen molar-refractivity contribution in [3.05, 3.63) is 22.7 Å². The molecule has 0 radical (unpaired) electrons. The summed E-state index contributed by atoms with van der Waals surface area (Å²) in [7, 11) is -4.17. The molecule has 1 aromatic heterocycles. The second-order valence-corrected chi connectivity index (χ2v) is 6.20. The molecule has 23 heavy (non-hydrogen) atoms. The highest BCUT2D eigenvalue weighted by molar-refractivity contribution is 7.47. The lowest BCUT2D eigenvalue weighted by Crippen LogP contribution is -2.51. The van der Waals surface area contributed by atoms with Crippen molar-refractivity contribution in [2.45, 2.75) is 24.9 Å². The molecule has 0 aliphatic carbocycles. The summed E-state index contributed by atoms with van der Waals surface area (Å²) in [4.78, 5) is 24.6. The second-order valence-electron chi connectivity index (χ2n) is 4.79. The number of aliphatic hydroxyl groups is 1. The van der Waals surface area contributed by atoms with Crippen LogP contribution in [0.1, 0.15) is 6.92 Å². The van der Waals surface area contributed by atoms with Gasteiger partial charge in [-0.05, 0) is 13.0 Å². The van der Waals surface area contributed by atoms with Crippen molar-refractivity contribution in [3.63, 3.8) is 0 Å². The molecule has 0 spiro atoms. The zero-order valence-corrected chi connectivity index (χ0v) is 12.9. The van der Waals surface area contributed by atoms with Crippen molar-refractivity contribution in [1.29, 1.82) is 5.26 Å². The first-order chi connectivity index (χ1) is 10.7. The third-order valence-corrected chi connectivity index (χ3v) is 4.25. The summed E-state index contributed by atoms with van der Waals surface area (Å²) in [6, 6.07) is 2.95. The number of phosphoric acid groups is 1. The van der Waals surface area contributed by atoms with Crippen molar-refractivity contribution in [1.82, 2.24) is 9.55 Å². The summed E-state index contributed by atoms with van der Waals surface area (Å²) >= 11 is 0. The SMILES string of the molecule is CC1OP(=O)(O)OC[C@H]1O[C@](C#N)(CO)n1ccc(N)nc1=O. The summed E-state index contributed by atoms with van der Waals surface area (Å²) in [5.41, 5.74) is 2.37. The Morgan fingerprint density at radius 3 is 2.96 bits per heavy atom. The monoisotopic (exact) mass is 346 g/mol. The molecule has 1 aromatic rings. The number of rotatable bonds is 4. The van der Waals surface area contributed by atoms with Gasteiger partial charge in [0.05, 0.1) is 12.7 Å². The molecule has 4 atom stereocenters. The summed E-state index contributed by atoms with van der Waals surface area (Å²) < 4.78 is 26.9. The van der Waals surface area contributed by atoms with Crippen LogP contribution in [0, 0.1) is 11.3 Å². The molecule has 1 saturated heterocycles. The molecular formula is C11H15N4O7P. The van der Waals surface area contributed by atoms with Gasteiger partial charge in [0.2, 0.25) is 0 Å². The number of anilines is 1. The molecule has 0 amide bonds. The van der Waals surface area contributed by atoms with E-state index in [-0.39, 0.29) is 12.4 Å². The van der Waals surface area contributed by atoms with Crippen molar-refractivity contribution in [2.24, 2.45) is 0 Å². The first-order valence-corrected chi connectivity index (χ1v) is 7.94. The Hall–Kier alpha value is -1.80. The highest BCUT2D eigenvalue weighted by Gasteiger charge is 2.44. The first kappa shape index (κ1) is 17.6. The summed E-state index contributed by atoms with van der Waals surface area (Å²) in [6.07, 6.45) is -0.757. The number of aromatic nitrogens is 2. The van der Waals surface area contributed by atoms with E-state index in [1.165, 1.54) is 13.0 Å². The molecule has 2 rings (SSSR count). The van der Waals surface area contributed by atoms with Gasteiger partial charge in [-0.15, -0.1) is 0 Å². The fourth-order valence-electron chi connectivity index (χ4n) is 1.97. The first-order valence-electron chi connectivity index (χ1n) is 6.44. The molecule has 1 aliphatic heterocycles. The molecule has 0 aromatic carbocycles. The van der Waals surface area contributed by atoms with Crippen LogP contribution in [-0.2, 0) is 24.1 Å². The maximum atomic E-state index is 11.9. The third kappa shape index (κ3) is 3.59. The molecule has 2 heterocycles. The Morgan fingerprint density at radius 2 is 2.43 bits per heavy atom. The lowest BCUT2D eigenvalue weighted by molar-refractivity contribution is -0.184. The number of phosphoric ester groups is 1. The quantitative estimate of drug-likeness (QED) is 0.569. The van der Waals surface area contributed by atoms with Crippen LogP contribution in [0.25, 0.3) is 0 Å². The van der Waals surface area contributed by atoms with E-state index in [1.807, 2.05) is 0 Å². The molecule has 126 valence electrons. The fraction of sp³-hybridized carbons (Fsp3) is 0.545. The normalized spacial score (nSPS) is 30.3. The lowest BCUT2D eigenvalue weighted by atomic mass is 10.2. The number of ether oxygens (including phenoxy) is 1. The topological polar surface area (TPSA) is 170 Å². The maximum absolute atomic E-state index is 11.9. The van der Waals surface area contributed by atoms with Crippen molar-refractivity contribution < 1.29 is 28.3 Å². The van der Waals surface area contributed by atoms with Gasteiger partial charge >= 0.3 is 13.5 Å². The molecule has 4 N–H and O–H groups in total. The van der Waals surface area contributed by atoms with Gasteiger partial charge in [-0.25, -0.2) is 9.36 Å². The maximum Gasteiger partial charge on any atom is 0.472 e. The third-order valence-electron chi connectivity index (χ3n) is 3.17. The lowest BCUT2D eigenvalue weighted by Gasteiger charge is -2.36. The summed E-state index contributed by atoms with van der Waals surface area (Å²) in [6.45, 7) is 0.185. The average Bonchev–Trinajstić information content (AvgIpc) is 2.47. The number of nitrogen functional groups attached to an aromatic ring is 1. The minimum absolute atomic E-state index is 0.0602. The van der Waals surface area contributed by atoms with Gasteiger partial charge in [-0.2, -0.15) is 10.2 Å². The molecule has 1 fully saturated rings. The fourth-order valence-corrected chi connectivity index (χ4v) is 2.92. The molecule has 0 saturated carbocycles. The standard InChI is InChI=1S/C11H15N4O7P/c1-7-8(4-20-23(18,19)22-7)21-11(5-12,6-16)15-3-2-9(13)14-10(15)17/h2-3,7-8,16H,4,6H2,1H3,(H,18,19)(H2,13,14,17)/t7?,8-,11-/m1/s1. The summed E-state index contributed by atoms with van der Waals surface area (Å²) in [5.74, 6) is -0.0602. The van der Waals surface area contributed by atoms with Crippen LogP contribution < -0.4 is 11.4 Å². The highest BCUT2D eigenvalue weighted by Crippen LogP contribution is 2.48. The van der Waals surface area contributed by atoms with Crippen molar-refractivity contribution in [2.75, 3.05) is 18.9 Å². The average molecular weight is 346 g/mol. The van der Waals surface area contributed by atoms with Gasteiger partial charge in [0.1, 0.15) is 24.6 Å². The van der Waals surface area contributed by atoms with Crippen LogP contribution in [0.5, 0.6) is 0 Å². The van der Waals surface area contributed by atoms with Crippen LogP contribution in [0.3, 0.4) is 0 Å². The zero-order chi connectivity index (χ0) is 17.3. The van der Waals surface area contributed by atoms with Crippen LogP contribution in [0.4, 0.5) is 5.82 Å². The number of nitrogens with zero attached hydrogens (tertiary/aromatic N) is 3. The van der Waals surface area contributed by atoms with Crippen molar-refractivity contribution >= 4 is 13.6 Å². The molecular weight excluding hydrogens is 331 g/mol. The Balaban J connectivity index is 2.34. The molecule has 12 heteroatoms. The minimum atomic E-state index is -4.17. The van der Waals surface area contributed by atoms with E-state index in [9.17, 15) is 24.6 Å². The van der Waals surface area contributed by atoms with Crippen LogP contribution in [-0.4, -0.2) is 45.0 Å². The number of hydrogen-bond acceptors (Lipinski definition) is 9. The van der Waals surface area contributed by atoms with Crippen LogP contribution >= 0.6 is 7.82 Å². The van der Waals surface area contributed by atoms with Gasteiger partial charge < -0.3 is 20.5 Å². The Kier molecular flexibility index (Phi) is 4.86. The number of nitriles is 1. The van der Waals surface area contributed by atoms with Gasteiger partial charge in [0.15, 0.2) is 0 Å². The largest absolute Gasteiger partial charge is 0.472 e. The van der Waals surface area contributed by atoms with E-state index in [2.05, 4.69) is 9.51 Å². The molecule has 0 bridgehead atoms. The van der Waals surface area contributed by atoms with Gasteiger partial charge in [-0.3, -0.25) is 13.6 Å². The predicted octanol–water partition coefficient (Wildman–Crippen LogP) is -1.08. The van der Waals surface area contributed by atoms with E-state index in [1.54, 1.807) is 6.07 Å². The smallest absolute Gasteiger partial charge is 0.390 e. The van der Waals surface area contributed by atoms with E-state index in [0.717, 1.165) is 10.8 Å². The van der Waals surface area contributed by atoms with Gasteiger partial charge in [0, 0.05) is 6.20 Å². The number of hydrogen-bond donors (Lipinski definition) is 3. The van der Waals surface area contributed by atoms with Gasteiger partial charge in [0.25, 0.3) is 5.72 Å². The van der Waals surface area contributed by atoms with Crippen molar-refractivity contribution in [3.8, 4) is 6.07 Å². The van der Waals surface area contributed by atoms with Gasteiger partial charge in [-0.1, -0.05) is 0 Å². The van der Waals surface area contributed by atoms with E-state index in [0.29, 0.717) is 0 Å². The van der Waals surface area contributed by atoms with Crippen LogP contribution in [0.15, 0.2) is 17.1 Å². The minimum Gasteiger partial charge on any atom is -0.390 e. The second kappa shape index (κ2) is 6.37. The Labute approximate surface area is 130 Å². The zero-order valence-electron chi connectivity index (χ0n) is 12.0. The highest BCUT2D eigenvalue weighted by atomic mass is 31.2. The predicted molar refractivity (Wildman–Crippen MR) is 74.8 cm³/mol. The van der Waals surface area contributed by atoms with E-state index >= 15 is 0 Å². The Bertz CT molecular complexity index is 732. The van der Waals surface area contributed by atoms with E-state index in [4.69, 9.17) is 15.0 Å². The molecule has 1 aliphatic rings. The summed E-state index contributed by atoms with van der Waals surface area (Å²) in [5, 5.41) is 19.0. The van der Waals surface area contributed by atoms with Crippen LogP contribution in [0.2, 0.25) is 0 Å². The number of aliphatic hydroxyl groups excluding tert-OH is 1. The Morgan fingerprint density at radius 1 is 1.74 bits per heavy atom. The van der Waals surface area contributed by atoms with E-state index < -0.39 is 38.1 Å². The number of nitrogens with two attached hydrogens (primary N) is 1. The molecule has 11 nitrogen and oxygen atoms in total. The molecule has 2 unspecified atom stereocenters.